The molecule has 0 rings (SSSR count). The first-order valence-corrected chi connectivity index (χ1v) is 2.24. The number of rotatable bonds is 3. The third kappa shape index (κ3) is 2.29. The summed E-state index contributed by atoms with van der Waals surface area (Å²) in [5.74, 6) is 0.632. The van der Waals surface area contributed by atoms with Crippen molar-refractivity contribution in [2.24, 2.45) is 0 Å². The molecule has 0 radical (unpaired) electrons. The van der Waals surface area contributed by atoms with Gasteiger partial charge in [-0.25, -0.2) is 0 Å². The van der Waals surface area contributed by atoms with Crippen LogP contribution < -0.4 is 0 Å². The van der Waals surface area contributed by atoms with Gasteiger partial charge in [0.25, 0.3) is 0 Å². The maximum atomic E-state index is 4.76. The molecule has 0 aliphatic heterocycles. The molecule has 0 fully saturated rings. The average Bonchev–Trinajstić information content (AvgIpc) is 1.83. The van der Waals surface area contributed by atoms with Gasteiger partial charge in [-0.3, -0.25) is 0 Å². The molecule has 0 aliphatic rings. The molecular weight excluding hydrogens is 104 g/mol. The van der Waals surface area contributed by atoms with Gasteiger partial charge in [-0.2, -0.15) is 0 Å². The predicted molar refractivity (Wildman–Crippen MR) is 32.3 cm³/mol. The molecule has 0 aliphatic carbocycles. The Morgan fingerprint density at radius 1 is 1.50 bits per heavy atom. The van der Waals surface area contributed by atoms with Crippen LogP contribution in [0.3, 0.4) is 0 Å². The highest BCUT2D eigenvalue weighted by atomic mass is 16.5. The largest absolute Gasteiger partial charge is 0.501 e. The lowest BCUT2D eigenvalue weighted by Gasteiger charge is -1.96. The first-order chi connectivity index (χ1) is 3.85. The lowest BCUT2D eigenvalue weighted by atomic mass is 10.5. The molecule has 0 spiro atoms. The van der Waals surface area contributed by atoms with E-state index < -0.39 is 0 Å². The minimum absolute atomic E-state index is 0.632. The Labute approximate surface area is 49.4 Å². The standard InChI is InChI=1S/C6H10O2/c1-4-6(8-3)5-7-2/h4-5H,1H2,2-3H3/b6-5-. The van der Waals surface area contributed by atoms with Gasteiger partial charge in [-0.05, 0) is 6.08 Å². The quantitative estimate of drug-likeness (QED) is 0.407. The summed E-state index contributed by atoms with van der Waals surface area (Å²) < 4.78 is 9.39. The van der Waals surface area contributed by atoms with Crippen molar-refractivity contribution in [3.63, 3.8) is 0 Å². The molecule has 0 unspecified atom stereocenters. The minimum Gasteiger partial charge on any atom is -0.501 e. The maximum absolute atomic E-state index is 4.76. The van der Waals surface area contributed by atoms with E-state index in [1.807, 2.05) is 0 Å². The van der Waals surface area contributed by atoms with E-state index in [4.69, 9.17) is 4.74 Å². The first kappa shape index (κ1) is 7.08. The van der Waals surface area contributed by atoms with Crippen molar-refractivity contribution in [1.29, 1.82) is 0 Å². The minimum atomic E-state index is 0.632. The highest BCUT2D eigenvalue weighted by Crippen LogP contribution is 1.93. The van der Waals surface area contributed by atoms with Crippen LogP contribution >= 0.6 is 0 Å². The number of allylic oxidation sites excluding steroid dienone is 1. The fourth-order valence-electron chi connectivity index (χ4n) is 0.296. The van der Waals surface area contributed by atoms with Gasteiger partial charge in [0.1, 0.15) is 6.26 Å². The molecule has 2 heteroatoms. The van der Waals surface area contributed by atoms with E-state index in [2.05, 4.69) is 11.3 Å². The molecule has 0 aromatic rings. The van der Waals surface area contributed by atoms with Crippen LogP contribution in [0.25, 0.3) is 0 Å². The van der Waals surface area contributed by atoms with Crippen LogP contribution in [0.15, 0.2) is 24.7 Å². The molecule has 0 heterocycles. The van der Waals surface area contributed by atoms with Crippen molar-refractivity contribution in [2.75, 3.05) is 14.2 Å². The van der Waals surface area contributed by atoms with Crippen molar-refractivity contribution in [2.45, 2.75) is 0 Å². The topological polar surface area (TPSA) is 18.5 Å². The van der Waals surface area contributed by atoms with Gasteiger partial charge in [-0.15, -0.1) is 0 Å². The second-order valence-electron chi connectivity index (χ2n) is 1.16. The lowest BCUT2D eigenvalue weighted by Crippen LogP contribution is -1.80. The van der Waals surface area contributed by atoms with Crippen molar-refractivity contribution in [3.8, 4) is 0 Å². The monoisotopic (exact) mass is 114 g/mol. The molecule has 0 aromatic carbocycles. The van der Waals surface area contributed by atoms with Gasteiger partial charge in [0, 0.05) is 0 Å². The van der Waals surface area contributed by atoms with E-state index >= 15 is 0 Å². The van der Waals surface area contributed by atoms with Crippen LogP contribution in [0.1, 0.15) is 0 Å². The van der Waals surface area contributed by atoms with E-state index in [0.717, 1.165) is 0 Å². The molecule has 0 N–H and O–H groups in total. The number of hydrogen-bond donors (Lipinski definition) is 0. The van der Waals surface area contributed by atoms with Gasteiger partial charge >= 0.3 is 0 Å². The normalized spacial score (nSPS) is 10.5. The third-order valence-electron chi connectivity index (χ3n) is 0.671. The number of methoxy groups -OCH3 is 2. The van der Waals surface area contributed by atoms with Gasteiger partial charge < -0.3 is 9.47 Å². The SMILES string of the molecule is C=C/C(=C/OC)OC. The smallest absolute Gasteiger partial charge is 0.152 e. The zero-order valence-corrected chi connectivity index (χ0v) is 5.18. The molecule has 0 aromatic heterocycles. The van der Waals surface area contributed by atoms with Gasteiger partial charge in [0.15, 0.2) is 5.76 Å². The maximum Gasteiger partial charge on any atom is 0.152 e. The van der Waals surface area contributed by atoms with Crippen LogP contribution in [0, 0.1) is 0 Å². The Kier molecular flexibility index (Phi) is 3.76. The molecule has 0 saturated heterocycles. The van der Waals surface area contributed by atoms with E-state index in [0.29, 0.717) is 5.76 Å². The molecule has 8 heavy (non-hydrogen) atoms. The predicted octanol–water partition coefficient (Wildman–Crippen LogP) is 1.31. The van der Waals surface area contributed by atoms with Crippen molar-refractivity contribution in [3.05, 3.63) is 24.7 Å². The van der Waals surface area contributed by atoms with Gasteiger partial charge in [-0.1, -0.05) is 6.58 Å². The Morgan fingerprint density at radius 3 is 2.25 bits per heavy atom. The highest BCUT2D eigenvalue weighted by molar-refractivity contribution is 5.04. The summed E-state index contributed by atoms with van der Waals surface area (Å²) >= 11 is 0. The number of ether oxygens (including phenoxy) is 2. The molecule has 0 saturated carbocycles. The molecule has 0 atom stereocenters. The fraction of sp³-hybridized carbons (Fsp3) is 0.333. The van der Waals surface area contributed by atoms with Crippen molar-refractivity contribution < 1.29 is 9.47 Å². The highest BCUT2D eigenvalue weighted by Gasteiger charge is 1.82. The summed E-state index contributed by atoms with van der Waals surface area (Å²) in [6.07, 6.45) is 3.05. The van der Waals surface area contributed by atoms with Crippen LogP contribution in [-0.4, -0.2) is 14.2 Å². The summed E-state index contributed by atoms with van der Waals surface area (Å²) in [7, 11) is 3.12. The van der Waals surface area contributed by atoms with Crippen molar-refractivity contribution >= 4 is 0 Å². The number of hydrogen-bond acceptors (Lipinski definition) is 2. The molecule has 0 bridgehead atoms. The van der Waals surface area contributed by atoms with E-state index in [-0.39, 0.29) is 0 Å². The summed E-state index contributed by atoms with van der Waals surface area (Å²) in [6, 6.07) is 0. The van der Waals surface area contributed by atoms with Gasteiger partial charge in [0.2, 0.25) is 0 Å². The first-order valence-electron chi connectivity index (χ1n) is 2.24. The Hall–Kier alpha value is -0.920. The van der Waals surface area contributed by atoms with Crippen LogP contribution in [0.5, 0.6) is 0 Å². The second kappa shape index (κ2) is 4.24. The molecule has 2 nitrogen and oxygen atoms in total. The summed E-state index contributed by atoms with van der Waals surface area (Å²) in [6.45, 7) is 3.48. The summed E-state index contributed by atoms with van der Waals surface area (Å²) in [5.41, 5.74) is 0. The van der Waals surface area contributed by atoms with Crippen LogP contribution in [0.2, 0.25) is 0 Å². The zero-order valence-electron chi connectivity index (χ0n) is 5.18. The molecule has 46 valence electrons. The average molecular weight is 114 g/mol. The summed E-state index contributed by atoms with van der Waals surface area (Å²) in [5, 5.41) is 0. The van der Waals surface area contributed by atoms with E-state index in [9.17, 15) is 0 Å². The fourth-order valence-corrected chi connectivity index (χ4v) is 0.296. The van der Waals surface area contributed by atoms with Gasteiger partial charge in [0.05, 0.1) is 14.2 Å². The Balaban J connectivity index is 3.66. The van der Waals surface area contributed by atoms with Crippen LogP contribution in [-0.2, 0) is 9.47 Å². The van der Waals surface area contributed by atoms with E-state index in [1.54, 1.807) is 20.3 Å². The second-order valence-corrected chi connectivity index (χ2v) is 1.16. The lowest BCUT2D eigenvalue weighted by molar-refractivity contribution is 0.261. The third-order valence-corrected chi connectivity index (χ3v) is 0.671. The summed E-state index contributed by atoms with van der Waals surface area (Å²) in [4.78, 5) is 0. The van der Waals surface area contributed by atoms with Crippen molar-refractivity contribution in [1.82, 2.24) is 0 Å². The Bertz CT molecular complexity index is 94.7. The molecule has 0 amide bonds. The zero-order chi connectivity index (χ0) is 6.41. The van der Waals surface area contributed by atoms with E-state index in [1.165, 1.54) is 6.26 Å². The van der Waals surface area contributed by atoms with Crippen LogP contribution in [0.4, 0.5) is 0 Å². The Morgan fingerprint density at radius 2 is 2.12 bits per heavy atom. The molecular formula is C6H10O2.